The molecule has 0 bridgehead atoms. The number of primary amides is 2. The second kappa shape index (κ2) is 4.44. The maximum Gasteiger partial charge on any atom is 0.223 e. The van der Waals surface area contributed by atoms with Crippen molar-refractivity contribution in [3.63, 3.8) is 0 Å². The number of nitrogens with two attached hydrogens (primary N) is 2. The fraction of sp³-hybridized carbons (Fsp3) is 0.700. The Morgan fingerprint density at radius 3 is 2.14 bits per heavy atom. The first kappa shape index (κ1) is 11.0. The summed E-state index contributed by atoms with van der Waals surface area (Å²) in [6.45, 7) is 0. The molecule has 0 heterocycles. The minimum atomic E-state index is -0.507. The molecule has 0 unspecified atom stereocenters. The van der Waals surface area contributed by atoms with Gasteiger partial charge in [-0.25, -0.2) is 0 Å². The Morgan fingerprint density at radius 2 is 1.71 bits per heavy atom. The molecule has 0 atom stereocenters. The molecule has 0 aliphatic heterocycles. The number of carbonyl (C=O) groups is 2. The van der Waals surface area contributed by atoms with Gasteiger partial charge in [-0.05, 0) is 19.3 Å². The Labute approximate surface area is 84.0 Å². The predicted octanol–water partition coefficient (Wildman–Crippen LogP) is 0.502. The van der Waals surface area contributed by atoms with Gasteiger partial charge in [-0.15, -0.1) is 0 Å². The number of hydrogen-bond acceptors (Lipinski definition) is 2. The van der Waals surface area contributed by atoms with Gasteiger partial charge in [0.25, 0.3) is 0 Å². The smallest absolute Gasteiger partial charge is 0.223 e. The van der Waals surface area contributed by atoms with E-state index in [0.29, 0.717) is 6.42 Å². The zero-order chi connectivity index (χ0) is 10.6. The average Bonchev–Trinajstić information content (AvgIpc) is 2.16. The van der Waals surface area contributed by atoms with Crippen LogP contribution < -0.4 is 11.5 Å². The number of amides is 2. The Bertz CT molecular complexity index is 232. The summed E-state index contributed by atoms with van der Waals surface area (Å²) >= 11 is 0. The van der Waals surface area contributed by atoms with Crippen molar-refractivity contribution in [3.05, 3.63) is 6.42 Å². The summed E-state index contributed by atoms with van der Waals surface area (Å²) in [6, 6.07) is 0. The zero-order valence-electron chi connectivity index (χ0n) is 8.29. The summed E-state index contributed by atoms with van der Waals surface area (Å²) in [7, 11) is 0. The molecule has 0 aromatic heterocycles. The standard InChI is InChI=1S/C10H17N2O2/c11-8(13)4-7-10(9(12)14)5-2-1-3-6-10/h4H,1-3,5-7H2,(H2,11,13)(H2,12,14). The van der Waals surface area contributed by atoms with Crippen LogP contribution in [0, 0.1) is 11.8 Å². The van der Waals surface area contributed by atoms with E-state index in [1.54, 1.807) is 0 Å². The Morgan fingerprint density at radius 1 is 1.14 bits per heavy atom. The number of carbonyl (C=O) groups excluding carboxylic acids is 2. The molecule has 0 saturated heterocycles. The Hall–Kier alpha value is -1.06. The first-order valence-electron chi connectivity index (χ1n) is 4.99. The highest BCUT2D eigenvalue weighted by Crippen LogP contribution is 2.39. The lowest BCUT2D eigenvalue weighted by atomic mass is 9.70. The fourth-order valence-electron chi connectivity index (χ4n) is 2.08. The summed E-state index contributed by atoms with van der Waals surface area (Å²) in [6.07, 6.45) is 6.50. The van der Waals surface area contributed by atoms with E-state index in [-0.39, 0.29) is 5.91 Å². The van der Waals surface area contributed by atoms with Crippen molar-refractivity contribution >= 4 is 11.8 Å². The van der Waals surface area contributed by atoms with Gasteiger partial charge in [0.15, 0.2) is 0 Å². The SMILES string of the molecule is NC(=O)[CH]CC1(C(N)=O)CCCCC1. The quantitative estimate of drug-likeness (QED) is 0.687. The highest BCUT2D eigenvalue weighted by atomic mass is 16.1. The molecule has 14 heavy (non-hydrogen) atoms. The monoisotopic (exact) mass is 197 g/mol. The molecule has 0 aromatic carbocycles. The van der Waals surface area contributed by atoms with E-state index in [2.05, 4.69) is 0 Å². The highest BCUT2D eigenvalue weighted by molar-refractivity contribution is 5.86. The van der Waals surface area contributed by atoms with Gasteiger partial charge in [0, 0.05) is 5.41 Å². The summed E-state index contributed by atoms with van der Waals surface area (Å²) in [5.41, 5.74) is 9.89. The summed E-state index contributed by atoms with van der Waals surface area (Å²) in [5.74, 6) is -0.772. The molecule has 0 aromatic rings. The molecule has 1 radical (unpaired) electrons. The third-order valence-corrected chi connectivity index (χ3v) is 3.03. The summed E-state index contributed by atoms with van der Waals surface area (Å²) < 4.78 is 0. The third-order valence-electron chi connectivity index (χ3n) is 3.03. The minimum absolute atomic E-state index is 0.297. The first-order chi connectivity index (χ1) is 6.57. The Kier molecular flexibility index (Phi) is 3.49. The van der Waals surface area contributed by atoms with Gasteiger partial charge in [-0.1, -0.05) is 19.3 Å². The van der Waals surface area contributed by atoms with E-state index in [1.165, 1.54) is 6.42 Å². The lowest BCUT2D eigenvalue weighted by Crippen LogP contribution is -2.39. The van der Waals surface area contributed by atoms with E-state index in [1.807, 2.05) is 0 Å². The Balaban J connectivity index is 2.60. The largest absolute Gasteiger partial charge is 0.369 e. The topological polar surface area (TPSA) is 86.2 Å². The molecule has 4 nitrogen and oxygen atoms in total. The first-order valence-corrected chi connectivity index (χ1v) is 4.99. The van der Waals surface area contributed by atoms with Crippen molar-refractivity contribution in [2.24, 2.45) is 16.9 Å². The lowest BCUT2D eigenvalue weighted by Gasteiger charge is -2.33. The van der Waals surface area contributed by atoms with Crippen LogP contribution in [-0.2, 0) is 9.59 Å². The van der Waals surface area contributed by atoms with E-state index in [9.17, 15) is 9.59 Å². The van der Waals surface area contributed by atoms with Crippen molar-refractivity contribution in [3.8, 4) is 0 Å². The predicted molar refractivity (Wildman–Crippen MR) is 52.8 cm³/mol. The van der Waals surface area contributed by atoms with Crippen molar-refractivity contribution in [2.45, 2.75) is 38.5 Å². The van der Waals surface area contributed by atoms with E-state index < -0.39 is 11.3 Å². The van der Waals surface area contributed by atoms with Crippen LogP contribution in [0.15, 0.2) is 0 Å². The van der Waals surface area contributed by atoms with Gasteiger partial charge < -0.3 is 11.5 Å². The van der Waals surface area contributed by atoms with Gasteiger partial charge in [-0.2, -0.15) is 0 Å². The lowest BCUT2D eigenvalue weighted by molar-refractivity contribution is -0.129. The number of rotatable bonds is 4. The van der Waals surface area contributed by atoms with Crippen LogP contribution in [0.4, 0.5) is 0 Å². The zero-order valence-corrected chi connectivity index (χ0v) is 8.29. The van der Waals surface area contributed by atoms with Crippen molar-refractivity contribution in [2.75, 3.05) is 0 Å². The number of hydrogen-bond donors (Lipinski definition) is 2. The molecule has 1 rings (SSSR count). The van der Waals surface area contributed by atoms with Crippen LogP contribution in [0.1, 0.15) is 38.5 Å². The third kappa shape index (κ3) is 2.47. The van der Waals surface area contributed by atoms with Crippen LogP contribution in [0.3, 0.4) is 0 Å². The molecule has 1 aliphatic rings. The van der Waals surface area contributed by atoms with Gasteiger partial charge in [-0.3, -0.25) is 9.59 Å². The van der Waals surface area contributed by atoms with Gasteiger partial charge >= 0.3 is 0 Å². The van der Waals surface area contributed by atoms with Gasteiger partial charge in [0.1, 0.15) is 0 Å². The molecule has 1 aliphatic carbocycles. The van der Waals surface area contributed by atoms with Crippen molar-refractivity contribution < 1.29 is 9.59 Å². The maximum atomic E-state index is 11.3. The molecular formula is C10H17N2O2. The molecule has 0 spiro atoms. The van der Waals surface area contributed by atoms with Crippen LogP contribution in [0.5, 0.6) is 0 Å². The average molecular weight is 197 g/mol. The summed E-state index contributed by atoms with van der Waals surface area (Å²) in [4.78, 5) is 22.0. The molecule has 1 saturated carbocycles. The second-order valence-corrected chi connectivity index (χ2v) is 4.02. The molecule has 1 fully saturated rings. The van der Waals surface area contributed by atoms with Crippen molar-refractivity contribution in [1.29, 1.82) is 0 Å². The van der Waals surface area contributed by atoms with E-state index in [0.717, 1.165) is 32.1 Å². The van der Waals surface area contributed by atoms with Crippen molar-refractivity contribution in [1.82, 2.24) is 0 Å². The molecular weight excluding hydrogens is 180 g/mol. The normalized spacial score (nSPS) is 20.3. The fourth-order valence-corrected chi connectivity index (χ4v) is 2.08. The van der Waals surface area contributed by atoms with Crippen LogP contribution in [0.25, 0.3) is 0 Å². The molecule has 4 N–H and O–H groups in total. The van der Waals surface area contributed by atoms with Gasteiger partial charge in [0.05, 0.1) is 6.42 Å². The van der Waals surface area contributed by atoms with Crippen LogP contribution in [-0.4, -0.2) is 11.8 Å². The van der Waals surface area contributed by atoms with Gasteiger partial charge in [0.2, 0.25) is 11.8 Å². The van der Waals surface area contributed by atoms with E-state index in [4.69, 9.17) is 11.5 Å². The van der Waals surface area contributed by atoms with Crippen LogP contribution in [0.2, 0.25) is 0 Å². The summed E-state index contributed by atoms with van der Waals surface area (Å²) in [5, 5.41) is 0. The second-order valence-electron chi connectivity index (χ2n) is 4.02. The highest BCUT2D eigenvalue weighted by Gasteiger charge is 2.37. The minimum Gasteiger partial charge on any atom is -0.369 e. The van der Waals surface area contributed by atoms with Crippen LogP contribution >= 0.6 is 0 Å². The molecule has 79 valence electrons. The molecule has 4 heteroatoms. The molecule has 2 amide bonds. The maximum absolute atomic E-state index is 11.3. The van der Waals surface area contributed by atoms with E-state index >= 15 is 0 Å².